The lowest BCUT2D eigenvalue weighted by molar-refractivity contribution is 0.0984. The maximum atomic E-state index is 13.0. The zero-order chi connectivity index (χ0) is 19.7. The normalized spacial score (nSPS) is 12.6. The quantitative estimate of drug-likeness (QED) is 0.752. The average molecular weight is 371 g/mol. The highest BCUT2D eigenvalue weighted by Crippen LogP contribution is 2.28. The van der Waals surface area contributed by atoms with Gasteiger partial charge in [0.15, 0.2) is 0 Å². The number of rotatable bonds is 3. The van der Waals surface area contributed by atoms with Gasteiger partial charge in [0.25, 0.3) is 11.8 Å². The molecule has 0 atom stereocenters. The summed E-state index contributed by atoms with van der Waals surface area (Å²) in [6.45, 7) is 4.51. The van der Waals surface area contributed by atoms with Crippen LogP contribution in [0, 0.1) is 13.8 Å². The number of benzene rings is 2. The van der Waals surface area contributed by atoms with Gasteiger partial charge in [-0.25, -0.2) is 4.98 Å². The predicted molar refractivity (Wildman–Crippen MR) is 110 cm³/mol. The van der Waals surface area contributed by atoms with Gasteiger partial charge in [0.05, 0.1) is 0 Å². The highest BCUT2D eigenvalue weighted by atomic mass is 16.2. The van der Waals surface area contributed by atoms with Gasteiger partial charge in [-0.05, 0) is 55.2 Å². The number of para-hydroxylation sites is 2. The summed E-state index contributed by atoms with van der Waals surface area (Å²) in [5.74, 6) is -0.513. The van der Waals surface area contributed by atoms with Crippen molar-refractivity contribution in [2.75, 3.05) is 16.8 Å². The first-order chi connectivity index (χ1) is 13.5. The van der Waals surface area contributed by atoms with E-state index in [1.54, 1.807) is 23.1 Å². The van der Waals surface area contributed by atoms with E-state index in [0.717, 1.165) is 34.5 Å². The van der Waals surface area contributed by atoms with Crippen LogP contribution in [0.1, 0.15) is 37.7 Å². The van der Waals surface area contributed by atoms with E-state index in [2.05, 4.69) is 10.3 Å². The van der Waals surface area contributed by atoms with Crippen molar-refractivity contribution in [3.05, 3.63) is 88.7 Å². The van der Waals surface area contributed by atoms with Gasteiger partial charge in [-0.2, -0.15) is 0 Å². The Hall–Kier alpha value is -3.47. The van der Waals surface area contributed by atoms with E-state index in [1.807, 2.05) is 56.3 Å². The first kappa shape index (κ1) is 17.9. The number of carbonyl (C=O) groups excluding carboxylic acids is 2. The molecule has 0 radical (unpaired) electrons. The summed E-state index contributed by atoms with van der Waals surface area (Å²) < 4.78 is 0. The van der Waals surface area contributed by atoms with E-state index in [4.69, 9.17) is 0 Å². The van der Waals surface area contributed by atoms with E-state index < -0.39 is 0 Å². The third kappa shape index (κ3) is 3.27. The molecule has 3 aromatic rings. The van der Waals surface area contributed by atoms with Gasteiger partial charge >= 0.3 is 0 Å². The number of hydrogen-bond acceptors (Lipinski definition) is 3. The summed E-state index contributed by atoms with van der Waals surface area (Å²) in [4.78, 5) is 31.8. The Morgan fingerprint density at radius 3 is 2.36 bits per heavy atom. The largest absolute Gasteiger partial charge is 0.320 e. The van der Waals surface area contributed by atoms with Crippen molar-refractivity contribution in [1.82, 2.24) is 4.98 Å². The molecule has 0 saturated carbocycles. The molecule has 0 bridgehead atoms. The highest BCUT2D eigenvalue weighted by molar-refractivity contribution is 6.08. The molecule has 0 aliphatic carbocycles. The molecule has 0 unspecified atom stereocenters. The number of hydrogen-bond donors (Lipinski definition) is 1. The molecule has 5 heteroatoms. The van der Waals surface area contributed by atoms with Crippen LogP contribution in [0.2, 0.25) is 0 Å². The van der Waals surface area contributed by atoms with Crippen LogP contribution in [-0.2, 0) is 6.42 Å². The second-order valence-electron chi connectivity index (χ2n) is 6.96. The Balaban J connectivity index is 1.58. The van der Waals surface area contributed by atoms with Crippen molar-refractivity contribution < 1.29 is 9.59 Å². The van der Waals surface area contributed by atoms with Gasteiger partial charge in [-0.15, -0.1) is 0 Å². The number of pyridine rings is 1. The summed E-state index contributed by atoms with van der Waals surface area (Å²) in [6, 6.07) is 18.7. The Kier molecular flexibility index (Phi) is 4.65. The molecule has 1 aromatic heterocycles. The van der Waals surface area contributed by atoms with Crippen molar-refractivity contribution >= 4 is 23.2 Å². The van der Waals surface area contributed by atoms with Crippen LogP contribution in [0.25, 0.3) is 0 Å². The van der Waals surface area contributed by atoms with Gasteiger partial charge < -0.3 is 10.2 Å². The molecule has 2 amide bonds. The molecule has 0 fully saturated rings. The second kappa shape index (κ2) is 7.27. The minimum Gasteiger partial charge on any atom is -0.320 e. The van der Waals surface area contributed by atoms with Crippen LogP contribution in [0.5, 0.6) is 0 Å². The molecule has 1 aliphatic rings. The van der Waals surface area contributed by atoms with E-state index in [1.165, 1.54) is 0 Å². The van der Waals surface area contributed by atoms with E-state index in [9.17, 15) is 9.59 Å². The highest BCUT2D eigenvalue weighted by Gasteiger charge is 2.26. The molecule has 4 rings (SSSR count). The lowest BCUT2D eigenvalue weighted by Crippen LogP contribution is -2.30. The first-order valence-electron chi connectivity index (χ1n) is 9.29. The van der Waals surface area contributed by atoms with Crippen LogP contribution in [-0.4, -0.2) is 23.3 Å². The molecule has 5 nitrogen and oxygen atoms in total. The Morgan fingerprint density at radius 1 is 0.893 bits per heavy atom. The third-order valence-corrected chi connectivity index (χ3v) is 5.05. The van der Waals surface area contributed by atoms with Crippen LogP contribution in [0.3, 0.4) is 0 Å². The SMILES string of the molecule is Cc1cccc(C)c1NC(=O)c1cccc(C(=O)N2CCc3ccccc32)n1. The third-order valence-electron chi connectivity index (χ3n) is 5.05. The number of nitrogens with one attached hydrogen (secondary N) is 1. The van der Waals surface area contributed by atoms with Gasteiger partial charge in [0.2, 0.25) is 0 Å². The number of amides is 2. The van der Waals surface area contributed by atoms with Crippen LogP contribution < -0.4 is 10.2 Å². The van der Waals surface area contributed by atoms with Gasteiger partial charge in [0.1, 0.15) is 11.4 Å². The van der Waals surface area contributed by atoms with Gasteiger partial charge in [-0.1, -0.05) is 42.5 Å². The zero-order valence-corrected chi connectivity index (χ0v) is 15.9. The van der Waals surface area contributed by atoms with E-state index in [-0.39, 0.29) is 23.2 Å². The topological polar surface area (TPSA) is 62.3 Å². The molecular formula is C23H21N3O2. The lowest BCUT2D eigenvalue weighted by Gasteiger charge is -2.17. The summed E-state index contributed by atoms with van der Waals surface area (Å²) in [6.07, 6.45) is 0.828. The van der Waals surface area contributed by atoms with Crippen LogP contribution in [0.15, 0.2) is 60.7 Å². The molecule has 0 saturated heterocycles. The first-order valence-corrected chi connectivity index (χ1v) is 9.29. The maximum absolute atomic E-state index is 13.0. The predicted octanol–water partition coefficient (Wildman–Crippen LogP) is 4.15. The average Bonchev–Trinajstić information content (AvgIpc) is 3.14. The summed E-state index contributed by atoms with van der Waals surface area (Å²) in [7, 11) is 0. The molecule has 140 valence electrons. The molecule has 28 heavy (non-hydrogen) atoms. The standard InChI is InChI=1S/C23H21N3O2/c1-15-7-5-8-16(2)21(15)25-22(27)18-10-6-11-19(24-18)23(28)26-14-13-17-9-3-4-12-20(17)26/h3-12H,13-14H2,1-2H3,(H,25,27). The van der Waals surface area contributed by atoms with Crippen molar-refractivity contribution in [1.29, 1.82) is 0 Å². The van der Waals surface area contributed by atoms with Crippen molar-refractivity contribution in [2.24, 2.45) is 0 Å². The fourth-order valence-corrected chi connectivity index (χ4v) is 3.56. The summed E-state index contributed by atoms with van der Waals surface area (Å²) in [5, 5.41) is 2.92. The molecule has 2 aromatic carbocycles. The summed E-state index contributed by atoms with van der Waals surface area (Å²) >= 11 is 0. The van der Waals surface area contributed by atoms with Crippen molar-refractivity contribution in [2.45, 2.75) is 20.3 Å². The Morgan fingerprint density at radius 2 is 1.57 bits per heavy atom. The molecule has 2 heterocycles. The number of nitrogens with zero attached hydrogens (tertiary/aromatic N) is 2. The van der Waals surface area contributed by atoms with Gasteiger partial charge in [0, 0.05) is 17.9 Å². The fourth-order valence-electron chi connectivity index (χ4n) is 3.56. The van der Waals surface area contributed by atoms with Crippen LogP contribution >= 0.6 is 0 Å². The van der Waals surface area contributed by atoms with Gasteiger partial charge in [-0.3, -0.25) is 9.59 Å². The smallest absolute Gasteiger partial charge is 0.276 e. The fraction of sp³-hybridized carbons (Fsp3) is 0.174. The monoisotopic (exact) mass is 371 g/mol. The van der Waals surface area contributed by atoms with E-state index >= 15 is 0 Å². The minimum atomic E-state index is -0.325. The maximum Gasteiger partial charge on any atom is 0.276 e. The van der Waals surface area contributed by atoms with E-state index in [0.29, 0.717) is 6.54 Å². The minimum absolute atomic E-state index is 0.188. The zero-order valence-electron chi connectivity index (χ0n) is 15.9. The Bertz CT molecular complexity index is 1050. The molecule has 0 spiro atoms. The number of anilines is 2. The Labute approximate surface area is 164 Å². The molecule has 1 N–H and O–H groups in total. The number of aryl methyl sites for hydroxylation is 2. The molecular weight excluding hydrogens is 350 g/mol. The number of fused-ring (bicyclic) bond motifs is 1. The van der Waals surface area contributed by atoms with Crippen molar-refractivity contribution in [3.8, 4) is 0 Å². The molecule has 1 aliphatic heterocycles. The van der Waals surface area contributed by atoms with Crippen LogP contribution in [0.4, 0.5) is 11.4 Å². The second-order valence-corrected chi connectivity index (χ2v) is 6.96. The summed E-state index contributed by atoms with van der Waals surface area (Å²) in [5.41, 5.74) is 5.30. The van der Waals surface area contributed by atoms with Crippen molar-refractivity contribution in [3.63, 3.8) is 0 Å². The lowest BCUT2D eigenvalue weighted by atomic mass is 10.1. The number of aromatic nitrogens is 1. The number of carbonyl (C=O) groups is 2.